The number of nitrogens with zero attached hydrogens (tertiary/aromatic N) is 2. The maximum Gasteiger partial charge on any atom is 0.357 e. The maximum absolute atomic E-state index is 14.0. The molecule has 1 heterocycles. The highest BCUT2D eigenvalue weighted by Crippen LogP contribution is 2.35. The zero-order chi connectivity index (χ0) is 21.0. The Balaban J connectivity index is 2.39. The van der Waals surface area contributed by atoms with Crippen LogP contribution in [-0.4, -0.2) is 42.5 Å². The fourth-order valence-electron chi connectivity index (χ4n) is 2.91. The van der Waals surface area contributed by atoms with Gasteiger partial charge in [-0.2, -0.15) is 5.10 Å². The summed E-state index contributed by atoms with van der Waals surface area (Å²) in [5, 5.41) is 4.44. The molecule has 8 heteroatoms. The van der Waals surface area contributed by atoms with Gasteiger partial charge in [0.05, 0.1) is 26.5 Å². The summed E-state index contributed by atoms with van der Waals surface area (Å²) in [4.78, 5) is 25.2. The first kappa shape index (κ1) is 20.1. The molecule has 0 amide bonds. The van der Waals surface area contributed by atoms with Crippen LogP contribution in [0.2, 0.25) is 0 Å². The second kappa shape index (κ2) is 8.55. The summed E-state index contributed by atoms with van der Waals surface area (Å²) in [6, 6.07) is 12.6. The first-order chi connectivity index (χ1) is 14.0. The molecular formula is C21H19FN2O5. The molecule has 0 bridgehead atoms. The van der Waals surface area contributed by atoms with E-state index >= 15 is 0 Å². The molecule has 7 nitrogen and oxygen atoms in total. The number of carbonyl (C=O) groups excluding carboxylic acids is 2. The van der Waals surface area contributed by atoms with Gasteiger partial charge in [-0.1, -0.05) is 18.2 Å². The number of rotatable bonds is 6. The monoisotopic (exact) mass is 398 g/mol. The summed E-state index contributed by atoms with van der Waals surface area (Å²) in [5.41, 5.74) is 0.497. The minimum Gasteiger partial charge on any atom is -0.493 e. The van der Waals surface area contributed by atoms with E-state index in [-0.39, 0.29) is 22.5 Å². The van der Waals surface area contributed by atoms with E-state index in [9.17, 15) is 14.0 Å². The van der Waals surface area contributed by atoms with Gasteiger partial charge in [0, 0.05) is 5.56 Å². The van der Waals surface area contributed by atoms with E-state index in [1.54, 1.807) is 37.3 Å². The fourth-order valence-corrected chi connectivity index (χ4v) is 2.91. The summed E-state index contributed by atoms with van der Waals surface area (Å²) in [6.45, 7) is 2.09. The van der Waals surface area contributed by atoms with Crippen LogP contribution < -0.4 is 4.74 Å². The largest absolute Gasteiger partial charge is 0.493 e. The van der Waals surface area contributed by atoms with E-state index < -0.39 is 17.8 Å². The zero-order valence-electron chi connectivity index (χ0n) is 16.1. The van der Waals surface area contributed by atoms with Crippen LogP contribution in [0.15, 0.2) is 48.5 Å². The van der Waals surface area contributed by atoms with Crippen molar-refractivity contribution >= 4 is 11.9 Å². The van der Waals surface area contributed by atoms with Crippen LogP contribution in [0.25, 0.3) is 16.9 Å². The third-order valence-electron chi connectivity index (χ3n) is 4.15. The lowest BCUT2D eigenvalue weighted by molar-refractivity contribution is 0.0549. The van der Waals surface area contributed by atoms with E-state index in [0.717, 1.165) is 0 Å². The summed E-state index contributed by atoms with van der Waals surface area (Å²) in [6.07, 6.45) is 0. The minimum atomic E-state index is -0.811. The van der Waals surface area contributed by atoms with Gasteiger partial charge in [0.15, 0.2) is 5.69 Å². The highest BCUT2D eigenvalue weighted by atomic mass is 19.1. The summed E-state index contributed by atoms with van der Waals surface area (Å²) in [5.74, 6) is -1.84. The maximum atomic E-state index is 14.0. The Morgan fingerprint density at radius 2 is 1.72 bits per heavy atom. The predicted molar refractivity (Wildman–Crippen MR) is 103 cm³/mol. The number of methoxy groups -OCH3 is 2. The van der Waals surface area contributed by atoms with Crippen LogP contribution >= 0.6 is 0 Å². The number of hydrogen-bond donors (Lipinski definition) is 0. The van der Waals surface area contributed by atoms with Crippen molar-refractivity contribution in [2.75, 3.05) is 20.8 Å². The van der Waals surface area contributed by atoms with Gasteiger partial charge >= 0.3 is 11.9 Å². The molecule has 29 heavy (non-hydrogen) atoms. The summed E-state index contributed by atoms with van der Waals surface area (Å²) in [7, 11) is 2.38. The van der Waals surface area contributed by atoms with Crippen molar-refractivity contribution in [2.24, 2.45) is 0 Å². The average molecular weight is 398 g/mol. The minimum absolute atomic E-state index is 0.0454. The van der Waals surface area contributed by atoms with Crippen LogP contribution in [-0.2, 0) is 9.47 Å². The Bertz CT molecular complexity index is 1050. The molecule has 0 saturated carbocycles. The van der Waals surface area contributed by atoms with Gasteiger partial charge in [0.25, 0.3) is 0 Å². The Kier molecular flexibility index (Phi) is 5.92. The molecule has 0 spiro atoms. The molecule has 0 fully saturated rings. The number of para-hydroxylation sites is 1. The second-order valence-corrected chi connectivity index (χ2v) is 5.88. The second-order valence-electron chi connectivity index (χ2n) is 5.88. The quantitative estimate of drug-likeness (QED) is 0.590. The molecule has 0 radical (unpaired) electrons. The smallest absolute Gasteiger partial charge is 0.357 e. The molecular weight excluding hydrogens is 379 g/mol. The van der Waals surface area contributed by atoms with Gasteiger partial charge in [-0.15, -0.1) is 0 Å². The molecule has 0 N–H and O–H groups in total. The highest BCUT2D eigenvalue weighted by molar-refractivity contribution is 6.07. The molecule has 0 atom stereocenters. The summed E-state index contributed by atoms with van der Waals surface area (Å²) < 4.78 is 30.6. The van der Waals surface area contributed by atoms with Crippen molar-refractivity contribution in [3.63, 3.8) is 0 Å². The van der Waals surface area contributed by atoms with Gasteiger partial charge in [-0.3, -0.25) is 0 Å². The van der Waals surface area contributed by atoms with Crippen molar-refractivity contribution in [3.05, 3.63) is 65.6 Å². The Labute approximate surface area is 166 Å². The summed E-state index contributed by atoms with van der Waals surface area (Å²) >= 11 is 0. The molecule has 3 aromatic rings. The molecule has 0 saturated heterocycles. The Hall–Kier alpha value is -3.68. The third-order valence-corrected chi connectivity index (χ3v) is 4.15. The van der Waals surface area contributed by atoms with Crippen LogP contribution in [0.1, 0.15) is 27.8 Å². The van der Waals surface area contributed by atoms with E-state index in [2.05, 4.69) is 5.10 Å². The first-order valence-corrected chi connectivity index (χ1v) is 8.79. The molecule has 1 aromatic heterocycles. The van der Waals surface area contributed by atoms with Crippen molar-refractivity contribution in [3.8, 4) is 22.7 Å². The zero-order valence-corrected chi connectivity index (χ0v) is 16.1. The van der Waals surface area contributed by atoms with Gasteiger partial charge in [-0.25, -0.2) is 18.7 Å². The van der Waals surface area contributed by atoms with Crippen LogP contribution in [0, 0.1) is 5.82 Å². The molecule has 150 valence electrons. The molecule has 3 rings (SSSR count). The average Bonchev–Trinajstić information content (AvgIpc) is 3.15. The van der Waals surface area contributed by atoms with E-state index in [1.165, 1.54) is 37.1 Å². The number of ether oxygens (including phenoxy) is 3. The van der Waals surface area contributed by atoms with Crippen molar-refractivity contribution in [1.82, 2.24) is 9.78 Å². The first-order valence-electron chi connectivity index (χ1n) is 8.79. The lowest BCUT2D eigenvalue weighted by atomic mass is 10.0. The third kappa shape index (κ3) is 3.82. The van der Waals surface area contributed by atoms with Crippen LogP contribution in [0.3, 0.4) is 0 Å². The van der Waals surface area contributed by atoms with E-state index in [1.807, 2.05) is 0 Å². The molecule has 0 aliphatic heterocycles. The van der Waals surface area contributed by atoms with E-state index in [4.69, 9.17) is 14.2 Å². The fraction of sp³-hybridized carbons (Fsp3) is 0.190. The highest BCUT2D eigenvalue weighted by Gasteiger charge is 2.32. The lowest BCUT2D eigenvalue weighted by Gasteiger charge is -2.10. The van der Waals surface area contributed by atoms with Crippen molar-refractivity contribution in [1.29, 1.82) is 0 Å². The van der Waals surface area contributed by atoms with Gasteiger partial charge in [-0.05, 0) is 37.3 Å². The number of esters is 2. The van der Waals surface area contributed by atoms with Gasteiger partial charge in [0.2, 0.25) is 0 Å². The number of carbonyl (C=O) groups is 2. The van der Waals surface area contributed by atoms with Crippen LogP contribution in [0.5, 0.6) is 5.75 Å². The van der Waals surface area contributed by atoms with Crippen molar-refractivity contribution < 1.29 is 28.2 Å². The predicted octanol–water partition coefficient (Wildman–Crippen LogP) is 3.65. The Morgan fingerprint density at radius 1 is 1.03 bits per heavy atom. The number of aromatic nitrogens is 2. The SMILES string of the molecule is CCOc1ccc(F)cc1-c1nn(-c2ccccc2)c(C(=O)OC)c1C(=O)OC. The molecule has 0 aliphatic rings. The number of hydrogen-bond acceptors (Lipinski definition) is 6. The molecule has 0 unspecified atom stereocenters. The van der Waals surface area contributed by atoms with E-state index in [0.29, 0.717) is 18.0 Å². The normalized spacial score (nSPS) is 10.5. The molecule has 0 aliphatic carbocycles. The van der Waals surface area contributed by atoms with Crippen LogP contribution in [0.4, 0.5) is 4.39 Å². The lowest BCUT2D eigenvalue weighted by Crippen LogP contribution is -2.15. The van der Waals surface area contributed by atoms with Gasteiger partial charge < -0.3 is 14.2 Å². The topological polar surface area (TPSA) is 79.7 Å². The molecule has 2 aromatic carbocycles. The number of benzene rings is 2. The standard InChI is InChI=1S/C21H19FN2O5/c1-4-29-16-11-10-13(22)12-15(16)18-17(20(25)27-2)19(21(26)28-3)24(23-18)14-8-6-5-7-9-14/h5-12H,4H2,1-3H3. The number of halogens is 1. The van der Waals surface area contributed by atoms with Crippen molar-refractivity contribution in [2.45, 2.75) is 6.92 Å². The van der Waals surface area contributed by atoms with Gasteiger partial charge in [0.1, 0.15) is 22.8 Å². The Morgan fingerprint density at radius 3 is 2.34 bits per heavy atom.